The number of carbonyl (C=O) groups is 2. The van der Waals surface area contributed by atoms with E-state index < -0.39 is 5.97 Å². The molecule has 4 bridgehead atoms. The van der Waals surface area contributed by atoms with E-state index in [1.54, 1.807) is 6.07 Å². The fraction of sp³-hybridized carbons (Fsp3) is 0.647. The molecule has 2 atom stereocenters. The summed E-state index contributed by atoms with van der Waals surface area (Å²) >= 11 is 1.41. The molecule has 4 aliphatic carbocycles. The number of aryl methyl sites for hydroxylation is 1. The van der Waals surface area contributed by atoms with Gasteiger partial charge in [-0.25, -0.2) is 4.79 Å². The van der Waals surface area contributed by atoms with E-state index in [1.807, 2.05) is 6.92 Å². The molecule has 0 aromatic carbocycles. The number of aromatic carboxylic acids is 1. The van der Waals surface area contributed by atoms with E-state index in [4.69, 9.17) is 0 Å². The van der Waals surface area contributed by atoms with Gasteiger partial charge in [-0.2, -0.15) is 0 Å². The van der Waals surface area contributed by atoms with E-state index in [0.717, 1.165) is 36.0 Å². The van der Waals surface area contributed by atoms with Gasteiger partial charge in [0.1, 0.15) is 5.00 Å². The van der Waals surface area contributed by atoms with Gasteiger partial charge in [0.05, 0.1) is 11.0 Å². The summed E-state index contributed by atoms with van der Waals surface area (Å²) in [6.07, 6.45) is 6.49. The summed E-state index contributed by atoms with van der Waals surface area (Å²) in [5.74, 6) is 1.08. The quantitative estimate of drug-likeness (QED) is 0.887. The molecule has 1 aromatic rings. The van der Waals surface area contributed by atoms with Crippen molar-refractivity contribution in [3.05, 3.63) is 16.5 Å². The lowest BCUT2D eigenvalue weighted by molar-refractivity contribution is -0.127. The molecule has 0 spiro atoms. The number of carboxylic acids is 1. The van der Waals surface area contributed by atoms with Gasteiger partial charge in [-0.05, 0) is 62.3 Å². The zero-order valence-corrected chi connectivity index (χ0v) is 13.5. The molecule has 1 amide bonds. The zero-order chi connectivity index (χ0) is 15.5. The SMILES string of the molecule is CCc1cc(C(=O)O)c(NC(=O)C23CC4CC(CC2C4)C3)s1. The Morgan fingerprint density at radius 3 is 2.59 bits per heavy atom. The predicted molar refractivity (Wildman–Crippen MR) is 85.3 cm³/mol. The third kappa shape index (κ3) is 1.94. The number of carbonyl (C=O) groups excluding carboxylic acids is 1. The van der Waals surface area contributed by atoms with Gasteiger partial charge in [0.25, 0.3) is 0 Å². The summed E-state index contributed by atoms with van der Waals surface area (Å²) in [6, 6.07) is 1.69. The van der Waals surface area contributed by atoms with Crippen molar-refractivity contribution >= 4 is 28.2 Å². The minimum absolute atomic E-state index is 0.0780. The molecule has 4 saturated carbocycles. The van der Waals surface area contributed by atoms with Crippen LogP contribution in [0.25, 0.3) is 0 Å². The molecule has 5 heteroatoms. The van der Waals surface area contributed by atoms with Crippen LogP contribution in [0.2, 0.25) is 0 Å². The standard InChI is InChI=1S/C17H21NO3S/c1-2-12-6-13(15(19)20)14(22-12)18-16(21)17-7-9-3-10(8-17)5-11(17)4-9/h6,9-11H,2-5,7-8H2,1H3,(H,18,21)(H,19,20). The van der Waals surface area contributed by atoms with Crippen molar-refractivity contribution in [2.24, 2.45) is 23.2 Å². The lowest BCUT2D eigenvalue weighted by atomic mass is 9.75. The average molecular weight is 319 g/mol. The van der Waals surface area contributed by atoms with Gasteiger partial charge in [0.2, 0.25) is 5.91 Å². The lowest BCUT2D eigenvalue weighted by Crippen LogP contribution is -2.37. The van der Waals surface area contributed by atoms with Crippen LogP contribution in [-0.2, 0) is 11.2 Å². The monoisotopic (exact) mass is 319 g/mol. The number of carboxylic acid groups (broad SMARTS) is 1. The van der Waals surface area contributed by atoms with Crippen LogP contribution in [0, 0.1) is 23.2 Å². The van der Waals surface area contributed by atoms with Crippen LogP contribution in [0.1, 0.15) is 54.3 Å². The van der Waals surface area contributed by atoms with Crippen LogP contribution >= 0.6 is 11.3 Å². The van der Waals surface area contributed by atoms with E-state index >= 15 is 0 Å². The van der Waals surface area contributed by atoms with Crippen LogP contribution in [-0.4, -0.2) is 17.0 Å². The second-order valence-corrected chi connectivity index (χ2v) is 8.41. The Labute approximate surface area is 133 Å². The lowest BCUT2D eigenvalue weighted by Gasteiger charge is -2.31. The van der Waals surface area contributed by atoms with Gasteiger partial charge in [-0.1, -0.05) is 6.92 Å². The van der Waals surface area contributed by atoms with Crippen LogP contribution in [0.4, 0.5) is 5.00 Å². The highest BCUT2D eigenvalue weighted by molar-refractivity contribution is 7.16. The molecule has 2 unspecified atom stereocenters. The number of amides is 1. The molecule has 5 rings (SSSR count). The van der Waals surface area contributed by atoms with Crippen LogP contribution in [0.15, 0.2) is 6.07 Å². The van der Waals surface area contributed by atoms with Crippen molar-refractivity contribution in [1.29, 1.82) is 0 Å². The summed E-state index contributed by atoms with van der Waals surface area (Å²) in [4.78, 5) is 25.4. The Bertz CT molecular complexity index is 636. The summed E-state index contributed by atoms with van der Waals surface area (Å²) in [6.45, 7) is 2.00. The average Bonchev–Trinajstić information content (AvgIpc) is 3.07. The smallest absolute Gasteiger partial charge is 0.338 e. The maximum Gasteiger partial charge on any atom is 0.338 e. The third-order valence-corrected chi connectivity index (χ3v) is 7.23. The van der Waals surface area contributed by atoms with E-state index in [2.05, 4.69) is 5.32 Å². The molecular formula is C17H21NO3S. The Morgan fingerprint density at radius 2 is 2.00 bits per heavy atom. The fourth-order valence-corrected chi connectivity index (χ4v) is 6.25. The van der Waals surface area contributed by atoms with Gasteiger partial charge in [0.15, 0.2) is 0 Å². The Balaban J connectivity index is 1.61. The molecule has 4 aliphatic rings. The van der Waals surface area contributed by atoms with Crippen molar-refractivity contribution in [3.8, 4) is 0 Å². The molecule has 1 aromatic heterocycles. The normalized spacial score (nSPS) is 35.0. The molecule has 4 nitrogen and oxygen atoms in total. The Hall–Kier alpha value is -1.36. The van der Waals surface area contributed by atoms with Gasteiger partial charge in [-0.3, -0.25) is 4.79 Å². The third-order valence-electron chi connectivity index (χ3n) is 6.03. The largest absolute Gasteiger partial charge is 0.478 e. The van der Waals surface area contributed by atoms with E-state index in [9.17, 15) is 14.7 Å². The van der Waals surface area contributed by atoms with Crippen molar-refractivity contribution in [2.75, 3.05) is 5.32 Å². The highest BCUT2D eigenvalue weighted by Gasteiger charge is 2.61. The van der Waals surface area contributed by atoms with Crippen molar-refractivity contribution < 1.29 is 14.7 Å². The predicted octanol–water partition coefficient (Wildman–Crippen LogP) is 3.77. The molecule has 4 fully saturated rings. The Kier molecular flexibility index (Phi) is 3.12. The Morgan fingerprint density at radius 1 is 1.32 bits per heavy atom. The highest BCUT2D eigenvalue weighted by Crippen LogP contribution is 2.65. The number of thiophene rings is 1. The minimum atomic E-state index is -0.957. The second kappa shape index (κ2) is 4.82. The number of hydrogen-bond acceptors (Lipinski definition) is 3. The van der Waals surface area contributed by atoms with Gasteiger partial charge < -0.3 is 10.4 Å². The second-order valence-electron chi connectivity index (χ2n) is 7.27. The number of anilines is 1. The van der Waals surface area contributed by atoms with Gasteiger partial charge in [-0.15, -0.1) is 11.3 Å². The first-order chi connectivity index (χ1) is 10.5. The van der Waals surface area contributed by atoms with E-state index in [1.165, 1.54) is 30.6 Å². The molecular weight excluding hydrogens is 298 g/mol. The zero-order valence-electron chi connectivity index (χ0n) is 12.7. The van der Waals surface area contributed by atoms with Gasteiger partial charge in [0, 0.05) is 4.88 Å². The van der Waals surface area contributed by atoms with Crippen LogP contribution in [0.3, 0.4) is 0 Å². The summed E-state index contributed by atoms with van der Waals surface area (Å²) in [5.41, 5.74) is 0.0315. The van der Waals surface area contributed by atoms with Crippen molar-refractivity contribution in [3.63, 3.8) is 0 Å². The van der Waals surface area contributed by atoms with Crippen LogP contribution < -0.4 is 5.32 Å². The van der Waals surface area contributed by atoms with E-state index in [0.29, 0.717) is 10.9 Å². The first kappa shape index (κ1) is 14.2. The van der Waals surface area contributed by atoms with E-state index in [-0.39, 0.29) is 16.9 Å². The molecule has 118 valence electrons. The topological polar surface area (TPSA) is 66.4 Å². The first-order valence-electron chi connectivity index (χ1n) is 8.19. The summed E-state index contributed by atoms with van der Waals surface area (Å²) in [7, 11) is 0. The number of nitrogens with one attached hydrogen (secondary N) is 1. The maximum atomic E-state index is 13.0. The van der Waals surface area contributed by atoms with Crippen LogP contribution in [0.5, 0.6) is 0 Å². The summed E-state index contributed by atoms with van der Waals surface area (Å²) in [5, 5.41) is 12.9. The summed E-state index contributed by atoms with van der Waals surface area (Å²) < 4.78 is 0. The van der Waals surface area contributed by atoms with Crippen molar-refractivity contribution in [2.45, 2.75) is 45.4 Å². The minimum Gasteiger partial charge on any atom is -0.478 e. The number of rotatable bonds is 4. The van der Waals surface area contributed by atoms with Crippen molar-refractivity contribution in [1.82, 2.24) is 0 Å². The highest BCUT2D eigenvalue weighted by atomic mass is 32.1. The van der Waals surface area contributed by atoms with Gasteiger partial charge >= 0.3 is 5.97 Å². The number of hydrogen-bond donors (Lipinski definition) is 2. The fourth-order valence-electron chi connectivity index (χ4n) is 5.26. The molecule has 22 heavy (non-hydrogen) atoms. The first-order valence-corrected chi connectivity index (χ1v) is 9.01. The maximum absolute atomic E-state index is 13.0. The molecule has 2 N–H and O–H groups in total. The molecule has 0 radical (unpaired) electrons. The molecule has 0 saturated heterocycles. The molecule has 1 heterocycles. The molecule has 0 aliphatic heterocycles.